The number of nitrogens with one attached hydrogen (secondary N) is 10. The molecule has 616 valence electrons. The van der Waals surface area contributed by atoms with Gasteiger partial charge in [0.1, 0.15) is 48.3 Å². The van der Waals surface area contributed by atoms with E-state index in [1.807, 2.05) is 5.32 Å². The van der Waals surface area contributed by atoms with Crippen LogP contribution in [0, 0.1) is 23.7 Å². The van der Waals surface area contributed by atoms with Gasteiger partial charge in [-0.05, 0) is 67.4 Å². The quantitative estimate of drug-likeness (QED) is 0.0173. The minimum absolute atomic E-state index is 0.0437. The van der Waals surface area contributed by atoms with Crippen LogP contribution in [0.1, 0.15) is 130 Å². The molecule has 42 heteroatoms. The van der Waals surface area contributed by atoms with E-state index in [1.165, 1.54) is 44.2 Å². The van der Waals surface area contributed by atoms with Crippen molar-refractivity contribution in [2.75, 3.05) is 19.7 Å². The van der Waals surface area contributed by atoms with Crippen molar-refractivity contribution in [3.05, 3.63) is 71.8 Å². The number of carboxylic acid groups (broad SMARTS) is 2. The molecule has 0 radical (unpaired) electrons. The van der Waals surface area contributed by atoms with E-state index in [0.29, 0.717) is 12.0 Å². The first-order chi connectivity index (χ1) is 51.2. The Bertz CT molecular complexity index is 3420. The normalized spacial score (nSPS) is 23.2. The topological polar surface area (TPSA) is 606 Å². The predicted molar refractivity (Wildman–Crippen MR) is 376 cm³/mol. The first-order valence-electron chi connectivity index (χ1n) is 34.9. The highest BCUT2D eigenvalue weighted by molar-refractivity contribution is 6.00. The number of aliphatic hydroxyl groups is 4. The number of nitrogens with two attached hydrogens (primary N) is 4. The molecule has 24 N–H and O–H groups in total. The lowest BCUT2D eigenvalue weighted by Gasteiger charge is -2.33. The summed E-state index contributed by atoms with van der Waals surface area (Å²) in [4.78, 5) is 194. The number of aliphatic imine (C=N–C) groups is 1. The number of aliphatic hydroxyl groups excluding tert-OH is 4. The fourth-order valence-electron chi connectivity index (χ4n) is 10.9. The van der Waals surface area contributed by atoms with Crippen molar-refractivity contribution in [1.82, 2.24) is 53.2 Å². The van der Waals surface area contributed by atoms with Crippen molar-refractivity contribution >= 4 is 88.8 Å². The second-order valence-electron chi connectivity index (χ2n) is 26.8. The minimum atomic E-state index is -5.08. The maximum Gasteiger partial charge on any atom is 0.490 e. The summed E-state index contributed by atoms with van der Waals surface area (Å²) in [5.74, 6) is -22.3. The molecule has 2 aromatic rings. The molecule has 2 aromatic carbocycles. The number of carboxylic acids is 2. The van der Waals surface area contributed by atoms with E-state index in [2.05, 4.69) is 52.8 Å². The lowest BCUT2D eigenvalue weighted by atomic mass is 9.85. The van der Waals surface area contributed by atoms with Crippen LogP contribution in [0.15, 0.2) is 65.7 Å². The zero-order chi connectivity index (χ0) is 83.7. The number of rotatable bonds is 23. The molecule has 11 amide bonds. The van der Waals surface area contributed by atoms with Crippen LogP contribution >= 0.6 is 0 Å². The number of benzene rings is 2. The first-order valence-corrected chi connectivity index (χ1v) is 34.9. The maximum absolute atomic E-state index is 15.6. The summed E-state index contributed by atoms with van der Waals surface area (Å²) in [5, 5.41) is 82.9. The number of halogens is 6. The summed E-state index contributed by atoms with van der Waals surface area (Å²) in [5.41, 5.74) is 23.5. The molecule has 2 fully saturated rings. The van der Waals surface area contributed by atoms with Crippen LogP contribution < -0.4 is 76.1 Å². The van der Waals surface area contributed by atoms with E-state index in [-0.39, 0.29) is 56.1 Å². The molecule has 4 rings (SSSR count). The SMILES string of the molecule is CC[C@H](C)[C@@H]1NC(=O)[C@@H](CCCN=C(N)N)NC(=O)[C@H](CC(C)C)NC(=O)[C@H]([C@H](O)C(C)C)NC(=O)[C@@H](NC(=O)[C@H](Cc2ccccc2)NC(=O)[C@@H](N)CC2CCCCC2)[C@@H](c2ccccc2)OC(=O)[C@H](CO)NC(=O)[C@H]([C@H](O)C(N)=O)NC(=O)CNC(=O)[C@H]([C@H](C)O)NC1=O.O=C(O)C(F)(F)F.O=C(O)C(F)(F)F. The Morgan fingerprint density at radius 2 is 1.12 bits per heavy atom. The molecule has 36 nitrogen and oxygen atoms in total. The Morgan fingerprint density at radius 3 is 1.62 bits per heavy atom. The number of hydrogen-bond acceptors (Lipinski definition) is 21. The third kappa shape index (κ3) is 33.3. The fraction of sp³-hybridized carbons (Fsp3) is 0.603. The second kappa shape index (κ2) is 46.2. The van der Waals surface area contributed by atoms with Gasteiger partial charge in [-0.1, -0.05) is 141 Å². The van der Waals surface area contributed by atoms with E-state index in [1.54, 1.807) is 58.0 Å². The van der Waals surface area contributed by atoms with Crippen molar-refractivity contribution < 1.29 is 129 Å². The number of esters is 1. The molecule has 1 aliphatic carbocycles. The molecule has 1 heterocycles. The molecule has 1 saturated carbocycles. The van der Waals surface area contributed by atoms with E-state index in [9.17, 15) is 89.9 Å². The number of carbonyl (C=O) groups excluding carboxylic acids is 12. The number of ether oxygens (including phenoxy) is 1. The average molecular weight is 1580 g/mol. The lowest BCUT2D eigenvalue weighted by Crippen LogP contribution is -2.64. The number of guanidine groups is 1. The molecule has 110 heavy (non-hydrogen) atoms. The number of cyclic esters (lactones) is 1. The molecule has 0 spiro atoms. The number of carbonyl (C=O) groups is 14. The van der Waals surface area contributed by atoms with Gasteiger partial charge >= 0.3 is 30.3 Å². The molecule has 1 saturated heterocycles. The highest BCUT2D eigenvalue weighted by atomic mass is 19.4. The Hall–Kier alpha value is -10.3. The highest BCUT2D eigenvalue weighted by Gasteiger charge is 2.45. The van der Waals surface area contributed by atoms with Gasteiger partial charge in [0.25, 0.3) is 0 Å². The van der Waals surface area contributed by atoms with Crippen LogP contribution in [0.25, 0.3) is 0 Å². The standard InChI is InChI=1S/C64H99N15O17.2C2HF3O2/c1-8-34(6)45-59(91)77-46(35(7)81)58(90)70-30-44(82)75-48(51(84)53(66)85)61(93)74-43(31-80)63(95)96-52(38-23-16-11-17-24-38)49(79-57(89)42(29-37-21-14-10-15-22-37)72-54(86)39(65)28-36-19-12-9-13-20-36)62(94)78-47(50(83)33(4)5)60(92)73-41(27-32(2)3)56(88)71-40(55(87)76-45)25-18-26-69-64(67)68;2*3-2(4,5)1(6)7/h10-11,14-17,21-24,32-36,39-43,45-52,80-81,83-84H,8-9,12-13,18-20,25-31,65H2,1-7H3,(H2,66,85)(H,70,90)(H,71,88)(H,72,86)(H,73,92)(H,74,93)(H,75,82)(H,76,87)(H,77,91)(H,78,94)(H,79,89)(H4,67,68,69);2*(H,6,7)/t34-,35-,39-,40+,41-,42-,43-,45-,46-,47-,48-,49-,50+,51-,52+;;/m0../s1. The van der Waals surface area contributed by atoms with Crippen molar-refractivity contribution in [2.24, 2.45) is 51.6 Å². The van der Waals surface area contributed by atoms with Crippen LogP contribution in [-0.2, 0) is 78.3 Å². The van der Waals surface area contributed by atoms with Gasteiger partial charge < -0.3 is 111 Å². The Balaban J connectivity index is 0.00000266. The van der Waals surface area contributed by atoms with Gasteiger partial charge in [0.2, 0.25) is 65.0 Å². The summed E-state index contributed by atoms with van der Waals surface area (Å²) < 4.78 is 69.5. The van der Waals surface area contributed by atoms with Crippen LogP contribution in [0.2, 0.25) is 0 Å². The van der Waals surface area contributed by atoms with E-state index >= 15 is 14.4 Å². The lowest BCUT2D eigenvalue weighted by molar-refractivity contribution is -0.193. The number of hydrogen-bond donors (Lipinski definition) is 20. The Labute approximate surface area is 628 Å². The van der Waals surface area contributed by atoms with Gasteiger partial charge in [-0.25, -0.2) is 14.4 Å². The summed E-state index contributed by atoms with van der Waals surface area (Å²) in [7, 11) is 0. The zero-order valence-corrected chi connectivity index (χ0v) is 61.4. The number of alkyl halides is 6. The fourth-order valence-corrected chi connectivity index (χ4v) is 10.9. The number of nitrogens with zero attached hydrogens (tertiary/aromatic N) is 1. The Kier molecular flexibility index (Phi) is 40.3. The number of amides is 11. The summed E-state index contributed by atoms with van der Waals surface area (Å²) in [6.45, 7) is 8.28. The smallest absolute Gasteiger partial charge is 0.475 e. The molecular weight excluding hydrogens is 1480 g/mol. The molecule has 15 atom stereocenters. The van der Waals surface area contributed by atoms with Crippen molar-refractivity contribution in [1.29, 1.82) is 0 Å². The van der Waals surface area contributed by atoms with Crippen LogP contribution in [0.5, 0.6) is 0 Å². The van der Waals surface area contributed by atoms with Crippen molar-refractivity contribution in [3.63, 3.8) is 0 Å². The monoisotopic (exact) mass is 1580 g/mol. The van der Waals surface area contributed by atoms with Gasteiger partial charge in [-0.15, -0.1) is 0 Å². The van der Waals surface area contributed by atoms with Gasteiger partial charge in [-0.3, -0.25) is 57.7 Å². The van der Waals surface area contributed by atoms with Gasteiger partial charge in [0.15, 0.2) is 24.2 Å². The highest BCUT2D eigenvalue weighted by Crippen LogP contribution is 2.28. The van der Waals surface area contributed by atoms with E-state index < -0.39 is 211 Å². The van der Waals surface area contributed by atoms with Gasteiger partial charge in [0, 0.05) is 13.0 Å². The van der Waals surface area contributed by atoms with Gasteiger partial charge in [0.05, 0.1) is 31.4 Å². The molecule has 0 aromatic heterocycles. The third-order valence-corrected chi connectivity index (χ3v) is 17.1. The minimum Gasteiger partial charge on any atom is -0.475 e. The molecule has 0 bridgehead atoms. The largest absolute Gasteiger partial charge is 0.490 e. The second-order valence-corrected chi connectivity index (χ2v) is 26.8. The maximum atomic E-state index is 15.6. The third-order valence-electron chi connectivity index (χ3n) is 17.1. The molecular formula is C68H101F6N15O21. The van der Waals surface area contributed by atoms with E-state index in [0.717, 1.165) is 39.0 Å². The molecule has 1 aliphatic heterocycles. The Morgan fingerprint density at radius 1 is 0.618 bits per heavy atom. The summed E-state index contributed by atoms with van der Waals surface area (Å²) >= 11 is 0. The zero-order valence-electron chi connectivity index (χ0n) is 61.4. The number of primary amides is 1. The molecule has 0 unspecified atom stereocenters. The summed E-state index contributed by atoms with van der Waals surface area (Å²) in [6.07, 6.45) is -13.7. The van der Waals surface area contributed by atoms with Crippen molar-refractivity contribution in [2.45, 2.75) is 216 Å². The van der Waals surface area contributed by atoms with Crippen molar-refractivity contribution in [3.8, 4) is 0 Å². The predicted octanol–water partition coefficient (Wildman–Crippen LogP) is -3.05. The van der Waals surface area contributed by atoms with Crippen LogP contribution in [-0.4, -0.2) is 230 Å². The average Bonchev–Trinajstić information content (AvgIpc) is 0.810. The first kappa shape index (κ1) is 95.7. The summed E-state index contributed by atoms with van der Waals surface area (Å²) in [6, 6.07) is -2.48. The van der Waals surface area contributed by atoms with Crippen LogP contribution in [0.4, 0.5) is 26.3 Å². The van der Waals surface area contributed by atoms with Crippen LogP contribution in [0.3, 0.4) is 0 Å². The number of aliphatic carboxylic acids is 2. The van der Waals surface area contributed by atoms with Gasteiger partial charge in [-0.2, -0.15) is 26.3 Å². The van der Waals surface area contributed by atoms with E-state index in [4.69, 9.17) is 47.5 Å². The molecule has 2 aliphatic rings.